The molecule has 0 fully saturated rings. The summed E-state index contributed by atoms with van der Waals surface area (Å²) in [6.45, 7) is 0. The molecule has 108 valence electrons. The Hall–Kier alpha value is 0.100. The first-order valence-corrected chi connectivity index (χ1v) is 7.68. The second kappa shape index (κ2) is 6.07. The zero-order valence-electron chi connectivity index (χ0n) is 9.73. The highest BCUT2D eigenvalue weighted by molar-refractivity contribution is 6.76. The van der Waals surface area contributed by atoms with Crippen LogP contribution in [-0.4, -0.2) is 25.4 Å². The average Bonchev–Trinajstić information content (AvgIpc) is 2.37. The van der Waals surface area contributed by atoms with Crippen LogP contribution in [-0.2, 0) is 0 Å². The van der Waals surface area contributed by atoms with Gasteiger partial charge in [0.15, 0.2) is 0 Å². The molecule has 1 aliphatic rings. The molecule has 9 heteroatoms. The van der Waals surface area contributed by atoms with Crippen molar-refractivity contribution in [1.29, 1.82) is 0 Å². The summed E-state index contributed by atoms with van der Waals surface area (Å²) in [6, 6.07) is 9.36. The minimum atomic E-state index is -1.70. The van der Waals surface area contributed by atoms with Crippen molar-refractivity contribution in [2.24, 2.45) is 0 Å². The van der Waals surface area contributed by atoms with Crippen LogP contribution in [0.5, 0.6) is 0 Å². The molecule has 1 aromatic rings. The van der Waals surface area contributed by atoms with Gasteiger partial charge in [-0.1, -0.05) is 87.8 Å². The van der Waals surface area contributed by atoms with Crippen LogP contribution in [0.1, 0.15) is 5.56 Å². The van der Waals surface area contributed by atoms with E-state index in [0.717, 1.165) is 5.56 Å². The number of nitrogens with one attached hydrogen (secondary N) is 3. The van der Waals surface area contributed by atoms with Crippen LogP contribution >= 0.6 is 69.6 Å². The summed E-state index contributed by atoms with van der Waals surface area (Å²) in [7, 11) is 0. The Labute approximate surface area is 145 Å². The first-order chi connectivity index (χ1) is 9.18. The molecule has 0 aliphatic carbocycles. The third-order valence-electron chi connectivity index (χ3n) is 2.50. The summed E-state index contributed by atoms with van der Waals surface area (Å²) in [5.41, 5.74) is 0.833. The van der Waals surface area contributed by atoms with Crippen molar-refractivity contribution in [3.05, 3.63) is 35.9 Å². The monoisotopic (exact) mass is 393 g/mol. The molecule has 3 N–H and O–H groups in total. The zero-order valence-corrected chi connectivity index (χ0v) is 14.3. The molecule has 0 bridgehead atoms. The molecular weight excluding hydrogens is 387 g/mol. The lowest BCUT2D eigenvalue weighted by Gasteiger charge is -2.21. The molecule has 1 atom stereocenters. The van der Waals surface area contributed by atoms with Crippen LogP contribution in [0.2, 0.25) is 0 Å². The number of amidine groups is 2. The van der Waals surface area contributed by atoms with Crippen LogP contribution in [0.3, 0.4) is 0 Å². The maximum absolute atomic E-state index is 5.90. The van der Waals surface area contributed by atoms with Gasteiger partial charge in [0.1, 0.15) is 0 Å². The Morgan fingerprint density at radius 3 is 2.00 bits per heavy atom. The van der Waals surface area contributed by atoms with Crippen LogP contribution in [0, 0.1) is 0 Å². The van der Waals surface area contributed by atoms with Gasteiger partial charge in [0, 0.05) is 0 Å². The van der Waals surface area contributed by atoms with E-state index < -0.39 is 13.8 Å². The molecule has 0 amide bonds. The van der Waals surface area contributed by atoms with E-state index in [1.807, 2.05) is 30.3 Å². The molecule has 2 rings (SSSR count). The number of halogens is 6. The maximum atomic E-state index is 5.90. The average molecular weight is 396 g/mol. The second-order valence-electron chi connectivity index (χ2n) is 4.00. The fraction of sp³-hybridized carbons (Fsp3) is 0.273. The smallest absolute Gasteiger partial charge is 0.231 e. The molecule has 0 spiro atoms. The normalized spacial score (nSPS) is 20.0. The highest BCUT2D eigenvalue weighted by atomic mass is 35.6. The Morgan fingerprint density at radius 1 is 0.900 bits per heavy atom. The first-order valence-electron chi connectivity index (χ1n) is 5.41. The quantitative estimate of drug-likeness (QED) is 0.601. The second-order valence-corrected chi connectivity index (χ2v) is 8.65. The van der Waals surface area contributed by atoms with Crippen molar-refractivity contribution in [2.45, 2.75) is 13.8 Å². The number of rotatable bonds is 1. The summed E-state index contributed by atoms with van der Waals surface area (Å²) >= 11 is 35.3. The molecule has 1 heterocycles. The minimum Gasteiger partial charge on any atom is -0.231 e. The fourth-order valence-electron chi connectivity index (χ4n) is 1.60. The fourth-order valence-corrected chi connectivity index (χ4v) is 2.23. The summed E-state index contributed by atoms with van der Waals surface area (Å²) in [4.78, 5) is 5.83. The van der Waals surface area contributed by atoms with E-state index in [2.05, 4.69) is 15.3 Å². The van der Waals surface area contributed by atoms with Crippen LogP contribution in [0.25, 0.3) is 0 Å². The van der Waals surface area contributed by atoms with E-state index in [4.69, 9.17) is 69.6 Å². The molecule has 1 aliphatic heterocycles. The van der Waals surface area contributed by atoms with Crippen molar-refractivity contribution in [1.82, 2.24) is 5.32 Å². The van der Waals surface area contributed by atoms with E-state index >= 15 is 0 Å². The van der Waals surface area contributed by atoms with Gasteiger partial charge in [-0.3, -0.25) is 0 Å². The molecule has 0 aromatic heterocycles. The molecule has 1 aromatic carbocycles. The molecule has 0 saturated heterocycles. The van der Waals surface area contributed by atoms with Gasteiger partial charge in [-0.15, -0.1) is 0 Å². The van der Waals surface area contributed by atoms with E-state index in [-0.39, 0.29) is 5.84 Å². The molecule has 0 saturated carbocycles. The predicted molar refractivity (Wildman–Crippen MR) is 85.0 cm³/mol. The number of benzene rings is 1. The number of hydrogen-bond donors (Lipinski definition) is 3. The van der Waals surface area contributed by atoms with Crippen molar-refractivity contribution >= 4 is 81.3 Å². The van der Waals surface area contributed by atoms with Gasteiger partial charge < -0.3 is 0 Å². The predicted octanol–water partition coefficient (Wildman–Crippen LogP) is 0.663. The highest BCUT2D eigenvalue weighted by Gasteiger charge is 2.45. The molecular formula is C11H9Cl6N3+2. The van der Waals surface area contributed by atoms with Gasteiger partial charge in [0.05, 0.1) is 5.56 Å². The SMILES string of the molecule is ClC(Cl)(Cl)C1=[NH+][C@@H](C(Cl)(Cl)Cl)[NH+]=C(c2ccccc2)N1. The topological polar surface area (TPSA) is 40.0 Å². The molecule has 3 nitrogen and oxygen atoms in total. The van der Waals surface area contributed by atoms with Gasteiger partial charge in [-0.25, -0.2) is 15.3 Å². The Kier molecular flexibility index (Phi) is 5.00. The van der Waals surface area contributed by atoms with Gasteiger partial charge >= 0.3 is 5.84 Å². The van der Waals surface area contributed by atoms with Gasteiger partial charge in [0.25, 0.3) is 19.6 Å². The summed E-state index contributed by atoms with van der Waals surface area (Å²) in [5, 5.41) is 2.95. The van der Waals surface area contributed by atoms with Gasteiger partial charge in [-0.05, 0) is 12.1 Å². The zero-order chi connectivity index (χ0) is 15.0. The van der Waals surface area contributed by atoms with Crippen molar-refractivity contribution in [3.63, 3.8) is 0 Å². The maximum Gasteiger partial charge on any atom is 0.307 e. The van der Waals surface area contributed by atoms with E-state index in [1.54, 1.807) is 0 Å². The third kappa shape index (κ3) is 4.06. The van der Waals surface area contributed by atoms with Crippen LogP contribution < -0.4 is 15.3 Å². The Bertz CT molecular complexity index is 544. The minimum absolute atomic E-state index is 0.205. The van der Waals surface area contributed by atoms with E-state index in [9.17, 15) is 0 Å². The molecule has 0 radical (unpaired) electrons. The lowest BCUT2D eigenvalue weighted by Crippen LogP contribution is -3.10. The summed E-state index contributed by atoms with van der Waals surface area (Å²) in [5.74, 6) is 0.776. The molecule has 20 heavy (non-hydrogen) atoms. The number of hydrogen-bond acceptors (Lipinski definition) is 1. The van der Waals surface area contributed by atoms with Gasteiger partial charge in [-0.2, -0.15) is 0 Å². The lowest BCUT2D eigenvalue weighted by molar-refractivity contribution is -0.740. The summed E-state index contributed by atoms with van der Waals surface area (Å²) in [6.07, 6.45) is -0.755. The van der Waals surface area contributed by atoms with E-state index in [1.165, 1.54) is 0 Å². The largest absolute Gasteiger partial charge is 0.307 e. The van der Waals surface area contributed by atoms with Crippen molar-refractivity contribution in [3.8, 4) is 0 Å². The standard InChI is InChI=1S/C11H7Cl6N3/c12-10(13,14)8-18-7(6-4-2-1-3-5-6)19-9(20-8)11(15,16)17/h1-5,8H,(H,18,19,20)/p+2/t8-/m0/s1. The first kappa shape index (κ1) is 16.5. The highest BCUT2D eigenvalue weighted by Crippen LogP contribution is 2.27. The van der Waals surface area contributed by atoms with Gasteiger partial charge in [0.2, 0.25) is 0 Å². The summed E-state index contributed by atoms with van der Waals surface area (Å²) < 4.78 is -3.33. The third-order valence-corrected chi connectivity index (χ3v) is 3.72. The number of alkyl halides is 6. The van der Waals surface area contributed by atoms with Crippen molar-refractivity contribution in [2.75, 3.05) is 0 Å². The van der Waals surface area contributed by atoms with Crippen molar-refractivity contribution < 1.29 is 9.98 Å². The Morgan fingerprint density at radius 2 is 1.50 bits per heavy atom. The van der Waals surface area contributed by atoms with Crippen LogP contribution in [0.4, 0.5) is 0 Å². The van der Waals surface area contributed by atoms with E-state index in [0.29, 0.717) is 5.84 Å². The van der Waals surface area contributed by atoms with Crippen LogP contribution in [0.15, 0.2) is 30.3 Å². The lowest BCUT2D eigenvalue weighted by atomic mass is 10.2. The Balaban J connectivity index is 2.42. The molecule has 0 unspecified atom stereocenters.